The molecule has 1 aliphatic carbocycles. The molecular weight excluding hydrogens is 527 g/mol. The highest BCUT2D eigenvalue weighted by Gasteiger charge is 2.37. The molecule has 0 N–H and O–H groups in total. The van der Waals surface area contributed by atoms with Crippen molar-refractivity contribution in [2.75, 3.05) is 4.90 Å². The van der Waals surface area contributed by atoms with Gasteiger partial charge in [0.15, 0.2) is 0 Å². The van der Waals surface area contributed by atoms with Crippen molar-refractivity contribution in [3.05, 3.63) is 150 Å². The molecule has 0 amide bonds. The number of thiophene rings is 1. The summed E-state index contributed by atoms with van der Waals surface area (Å²) in [6, 6.07) is 49.3. The first kappa shape index (κ1) is 25.1. The summed E-state index contributed by atoms with van der Waals surface area (Å²) in [4.78, 5) is 2.43. The van der Waals surface area contributed by atoms with Gasteiger partial charge in [0.2, 0.25) is 0 Å². The second-order valence-electron chi connectivity index (χ2n) is 11.9. The summed E-state index contributed by atoms with van der Waals surface area (Å²) < 4.78 is 2.68. The van der Waals surface area contributed by atoms with Gasteiger partial charge in [0.1, 0.15) is 0 Å². The Hall–Kier alpha value is -4.66. The first-order valence-electron chi connectivity index (χ1n) is 14.6. The lowest BCUT2D eigenvalue weighted by molar-refractivity contribution is 0.660. The van der Waals surface area contributed by atoms with Crippen LogP contribution in [0.5, 0.6) is 0 Å². The van der Waals surface area contributed by atoms with E-state index < -0.39 is 0 Å². The van der Waals surface area contributed by atoms with Crippen molar-refractivity contribution in [3.63, 3.8) is 0 Å². The molecule has 1 aliphatic rings. The van der Waals surface area contributed by atoms with Gasteiger partial charge in [-0.25, -0.2) is 0 Å². The zero-order valence-electron chi connectivity index (χ0n) is 24.1. The number of anilines is 3. The average molecular weight is 558 g/mol. The van der Waals surface area contributed by atoms with E-state index in [9.17, 15) is 0 Å². The van der Waals surface area contributed by atoms with Crippen LogP contribution < -0.4 is 4.90 Å². The Bertz CT molecular complexity index is 2110. The van der Waals surface area contributed by atoms with Gasteiger partial charge < -0.3 is 4.90 Å². The van der Waals surface area contributed by atoms with Crippen LogP contribution in [-0.2, 0) is 5.41 Å². The molecule has 1 heterocycles. The van der Waals surface area contributed by atoms with Crippen LogP contribution >= 0.6 is 11.3 Å². The minimum absolute atomic E-state index is 0.0457. The van der Waals surface area contributed by atoms with Gasteiger partial charge in [-0.15, -0.1) is 11.3 Å². The predicted octanol–water partition coefficient (Wildman–Crippen LogP) is 11.8. The average Bonchev–Trinajstić information content (AvgIpc) is 3.51. The molecule has 0 aliphatic heterocycles. The van der Waals surface area contributed by atoms with E-state index in [0.717, 1.165) is 11.4 Å². The summed E-state index contributed by atoms with van der Waals surface area (Å²) in [5.74, 6) is 0. The van der Waals surface area contributed by atoms with Crippen molar-refractivity contribution in [3.8, 4) is 22.3 Å². The summed E-state index contributed by atoms with van der Waals surface area (Å²) in [6.45, 7) is 6.84. The molecule has 7 aromatic rings. The smallest absolute Gasteiger partial charge is 0.0543 e. The van der Waals surface area contributed by atoms with Gasteiger partial charge >= 0.3 is 0 Å². The first-order chi connectivity index (χ1) is 20.5. The summed E-state index contributed by atoms with van der Waals surface area (Å²) in [5, 5.41) is 2.68. The van der Waals surface area contributed by atoms with Crippen LogP contribution in [0.1, 0.15) is 30.5 Å². The molecule has 0 fully saturated rings. The van der Waals surface area contributed by atoms with Gasteiger partial charge in [0.25, 0.3) is 0 Å². The summed E-state index contributed by atoms with van der Waals surface area (Å²) in [6.07, 6.45) is 0. The fraction of sp³-hybridized carbons (Fsp3) is 0.100. The third-order valence-corrected chi connectivity index (χ3v) is 10.1. The summed E-state index contributed by atoms with van der Waals surface area (Å²) in [7, 11) is 0. The lowest BCUT2D eigenvalue weighted by atomic mass is 9.82. The Morgan fingerprint density at radius 2 is 1.19 bits per heavy atom. The highest BCUT2D eigenvalue weighted by atomic mass is 32.1. The number of rotatable bonds is 4. The maximum atomic E-state index is 2.43. The number of hydrogen-bond donors (Lipinski definition) is 0. The third kappa shape index (κ3) is 3.83. The minimum atomic E-state index is -0.0457. The maximum Gasteiger partial charge on any atom is 0.0543 e. The molecular formula is C40H31NS. The fourth-order valence-corrected chi connectivity index (χ4v) is 7.90. The SMILES string of the molecule is Cc1ccc(N(c2ccc(-c3ccc4c(c3)sc3ccccc34)cc2)c2cccc3c2-c2ccccc2C3(C)C)cc1. The van der Waals surface area contributed by atoms with Gasteiger partial charge in [0, 0.05) is 42.5 Å². The zero-order chi connectivity index (χ0) is 28.4. The number of hydrogen-bond acceptors (Lipinski definition) is 2. The van der Waals surface area contributed by atoms with Gasteiger partial charge in [-0.2, -0.15) is 0 Å². The van der Waals surface area contributed by atoms with Gasteiger partial charge in [-0.3, -0.25) is 0 Å². The molecule has 1 aromatic heterocycles. The molecule has 2 heteroatoms. The van der Waals surface area contributed by atoms with Crippen LogP contribution in [-0.4, -0.2) is 0 Å². The van der Waals surface area contributed by atoms with E-state index in [1.807, 2.05) is 11.3 Å². The van der Waals surface area contributed by atoms with Crippen LogP contribution in [0.4, 0.5) is 17.1 Å². The second-order valence-corrected chi connectivity index (χ2v) is 13.0. The van der Waals surface area contributed by atoms with E-state index in [4.69, 9.17) is 0 Å². The number of nitrogens with zero attached hydrogens (tertiary/aromatic N) is 1. The van der Waals surface area contributed by atoms with Crippen LogP contribution in [0.25, 0.3) is 42.4 Å². The zero-order valence-corrected chi connectivity index (χ0v) is 24.9. The van der Waals surface area contributed by atoms with Crippen molar-refractivity contribution < 1.29 is 0 Å². The maximum absolute atomic E-state index is 2.43. The van der Waals surface area contributed by atoms with Crippen molar-refractivity contribution in [2.24, 2.45) is 0 Å². The largest absolute Gasteiger partial charge is 0.310 e. The van der Waals surface area contributed by atoms with E-state index in [2.05, 4.69) is 159 Å². The lowest BCUT2D eigenvalue weighted by Crippen LogP contribution is -2.16. The molecule has 8 rings (SSSR count). The molecule has 0 radical (unpaired) electrons. The Balaban J connectivity index is 1.26. The van der Waals surface area contributed by atoms with Crippen molar-refractivity contribution in [1.29, 1.82) is 0 Å². The molecule has 0 unspecified atom stereocenters. The molecule has 0 saturated carbocycles. The van der Waals surface area contributed by atoms with Gasteiger partial charge in [-0.1, -0.05) is 110 Å². The number of benzene rings is 6. The summed E-state index contributed by atoms with van der Waals surface area (Å²) >= 11 is 1.87. The molecule has 0 bridgehead atoms. The Morgan fingerprint density at radius 3 is 2.00 bits per heavy atom. The molecule has 0 atom stereocenters. The van der Waals surface area contributed by atoms with E-state index in [-0.39, 0.29) is 5.41 Å². The standard InChI is InChI=1S/C40H31NS/c1-26-15-20-29(21-16-26)41(36-13-8-12-35-39(36)33-10-4-6-11-34(33)40(35,2)3)30-22-17-27(18-23-30)28-19-24-32-31-9-5-7-14-37(31)42-38(32)25-28/h4-25H,1-3H3. The van der Waals surface area contributed by atoms with Crippen LogP contribution in [0, 0.1) is 6.92 Å². The molecule has 42 heavy (non-hydrogen) atoms. The minimum Gasteiger partial charge on any atom is -0.310 e. The predicted molar refractivity (Wildman–Crippen MR) is 182 cm³/mol. The van der Waals surface area contributed by atoms with Gasteiger partial charge in [0.05, 0.1) is 5.69 Å². The molecule has 202 valence electrons. The van der Waals surface area contributed by atoms with Crippen LogP contribution in [0.15, 0.2) is 133 Å². The Kier molecular flexibility index (Phi) is 5.64. The molecule has 1 nitrogen and oxygen atoms in total. The van der Waals surface area contributed by atoms with Gasteiger partial charge in [-0.05, 0) is 77.2 Å². The Morgan fingerprint density at radius 1 is 0.548 bits per heavy atom. The number of aryl methyl sites for hydroxylation is 1. The quantitative estimate of drug-likeness (QED) is 0.208. The highest BCUT2D eigenvalue weighted by Crippen LogP contribution is 2.54. The highest BCUT2D eigenvalue weighted by molar-refractivity contribution is 7.25. The van der Waals surface area contributed by atoms with Crippen LogP contribution in [0.3, 0.4) is 0 Å². The van der Waals surface area contributed by atoms with E-state index in [1.54, 1.807) is 0 Å². The Labute approximate surface area is 251 Å². The summed E-state index contributed by atoms with van der Waals surface area (Å²) in [5.41, 5.74) is 12.7. The monoisotopic (exact) mass is 557 g/mol. The normalized spacial score (nSPS) is 13.3. The first-order valence-corrected chi connectivity index (χ1v) is 15.4. The van der Waals surface area contributed by atoms with Crippen molar-refractivity contribution in [2.45, 2.75) is 26.2 Å². The van der Waals surface area contributed by atoms with E-state index in [1.165, 1.54) is 64.8 Å². The van der Waals surface area contributed by atoms with E-state index >= 15 is 0 Å². The molecule has 0 spiro atoms. The van der Waals surface area contributed by atoms with Crippen LogP contribution in [0.2, 0.25) is 0 Å². The topological polar surface area (TPSA) is 3.24 Å². The van der Waals surface area contributed by atoms with Crippen molar-refractivity contribution >= 4 is 48.6 Å². The number of fused-ring (bicyclic) bond motifs is 6. The fourth-order valence-electron chi connectivity index (χ4n) is 6.75. The lowest BCUT2D eigenvalue weighted by Gasteiger charge is -2.29. The molecule has 6 aromatic carbocycles. The molecule has 0 saturated heterocycles. The van der Waals surface area contributed by atoms with Crippen molar-refractivity contribution in [1.82, 2.24) is 0 Å². The second kappa shape index (κ2) is 9.44. The van der Waals surface area contributed by atoms with E-state index in [0.29, 0.717) is 0 Å². The third-order valence-electron chi connectivity index (χ3n) is 8.96.